The van der Waals surface area contributed by atoms with Gasteiger partial charge in [-0.2, -0.15) is 0 Å². The molecule has 0 unspecified atom stereocenters. The van der Waals surface area contributed by atoms with Crippen LogP contribution in [-0.4, -0.2) is 47.7 Å². The molecule has 1 fully saturated rings. The number of halogens is 1. The van der Waals surface area contributed by atoms with Gasteiger partial charge in [-0.05, 0) is 49.6 Å². The standard InChI is InChI=1S/C21H20FNO5/c22-15-8-7-14(11-24)17(10-15)21(27)23-9-2-1-4-16(23)13-28-20-6-3-5-19(26)18(20)12-25/h3,5-8,10-12,16,26H,1-2,4,9,13H2/t16-/m0/s1. The van der Waals surface area contributed by atoms with Crippen LogP contribution in [0.1, 0.15) is 50.3 Å². The van der Waals surface area contributed by atoms with Gasteiger partial charge < -0.3 is 14.7 Å². The van der Waals surface area contributed by atoms with Crippen molar-refractivity contribution >= 4 is 18.5 Å². The summed E-state index contributed by atoms with van der Waals surface area (Å²) in [6.07, 6.45) is 3.40. The van der Waals surface area contributed by atoms with Gasteiger partial charge in [-0.25, -0.2) is 4.39 Å². The van der Waals surface area contributed by atoms with Crippen LogP contribution in [0.4, 0.5) is 4.39 Å². The highest BCUT2D eigenvalue weighted by molar-refractivity contribution is 6.01. The molecule has 7 heteroatoms. The molecule has 1 N–H and O–H groups in total. The first-order valence-electron chi connectivity index (χ1n) is 9.00. The molecular formula is C21H20FNO5. The molecule has 1 atom stereocenters. The summed E-state index contributed by atoms with van der Waals surface area (Å²) < 4.78 is 19.3. The summed E-state index contributed by atoms with van der Waals surface area (Å²) in [5.74, 6) is -0.970. The number of hydrogen-bond donors (Lipinski definition) is 1. The number of aromatic hydroxyl groups is 1. The molecule has 0 aliphatic carbocycles. The van der Waals surface area contributed by atoms with Gasteiger partial charge >= 0.3 is 0 Å². The van der Waals surface area contributed by atoms with E-state index in [0.29, 0.717) is 25.5 Å². The monoisotopic (exact) mass is 385 g/mol. The molecule has 2 aromatic rings. The van der Waals surface area contributed by atoms with Crippen LogP contribution < -0.4 is 4.74 Å². The molecule has 3 rings (SSSR count). The number of phenolic OH excluding ortho intramolecular Hbond substituents is 1. The molecule has 0 aromatic heterocycles. The Morgan fingerprint density at radius 1 is 1.21 bits per heavy atom. The van der Waals surface area contributed by atoms with Crippen molar-refractivity contribution in [2.45, 2.75) is 25.3 Å². The number of ether oxygens (including phenoxy) is 1. The van der Waals surface area contributed by atoms with E-state index in [0.717, 1.165) is 25.0 Å². The van der Waals surface area contributed by atoms with Crippen LogP contribution in [0.2, 0.25) is 0 Å². The number of likely N-dealkylation sites (tertiary alicyclic amines) is 1. The maximum atomic E-state index is 13.6. The van der Waals surface area contributed by atoms with Crippen molar-refractivity contribution in [2.24, 2.45) is 0 Å². The zero-order valence-electron chi connectivity index (χ0n) is 15.1. The molecule has 0 saturated carbocycles. The molecule has 0 spiro atoms. The fourth-order valence-electron chi connectivity index (χ4n) is 3.38. The number of benzene rings is 2. The fourth-order valence-corrected chi connectivity index (χ4v) is 3.38. The topological polar surface area (TPSA) is 83.9 Å². The molecule has 0 radical (unpaired) electrons. The average Bonchev–Trinajstić information content (AvgIpc) is 2.72. The van der Waals surface area contributed by atoms with Gasteiger partial charge in [0.1, 0.15) is 23.9 Å². The third-order valence-corrected chi connectivity index (χ3v) is 4.85. The quantitative estimate of drug-likeness (QED) is 0.772. The lowest BCUT2D eigenvalue weighted by atomic mass is 9.99. The lowest BCUT2D eigenvalue weighted by Gasteiger charge is -2.36. The van der Waals surface area contributed by atoms with Gasteiger partial charge in [-0.1, -0.05) is 6.07 Å². The molecule has 1 amide bonds. The summed E-state index contributed by atoms with van der Waals surface area (Å²) in [6.45, 7) is 0.573. The van der Waals surface area contributed by atoms with E-state index in [-0.39, 0.29) is 40.8 Å². The van der Waals surface area contributed by atoms with Crippen molar-refractivity contribution in [2.75, 3.05) is 13.2 Å². The molecule has 28 heavy (non-hydrogen) atoms. The SMILES string of the molecule is O=Cc1ccc(F)cc1C(=O)N1CCCC[C@H]1COc1cccc(O)c1C=O. The van der Waals surface area contributed by atoms with E-state index in [1.807, 2.05) is 0 Å². The van der Waals surface area contributed by atoms with Crippen molar-refractivity contribution in [1.29, 1.82) is 0 Å². The summed E-state index contributed by atoms with van der Waals surface area (Å²) >= 11 is 0. The Balaban J connectivity index is 1.81. The maximum Gasteiger partial charge on any atom is 0.255 e. The smallest absolute Gasteiger partial charge is 0.255 e. The van der Waals surface area contributed by atoms with E-state index < -0.39 is 11.7 Å². The van der Waals surface area contributed by atoms with Crippen molar-refractivity contribution in [1.82, 2.24) is 4.90 Å². The van der Waals surface area contributed by atoms with Crippen LogP contribution in [0.15, 0.2) is 36.4 Å². The summed E-state index contributed by atoms with van der Waals surface area (Å²) in [7, 11) is 0. The van der Waals surface area contributed by atoms with E-state index >= 15 is 0 Å². The van der Waals surface area contributed by atoms with Gasteiger partial charge in [0.05, 0.1) is 17.2 Å². The van der Waals surface area contributed by atoms with E-state index in [2.05, 4.69) is 0 Å². The highest BCUT2D eigenvalue weighted by atomic mass is 19.1. The second-order valence-electron chi connectivity index (χ2n) is 6.62. The third-order valence-electron chi connectivity index (χ3n) is 4.85. The van der Waals surface area contributed by atoms with Crippen molar-refractivity contribution in [3.63, 3.8) is 0 Å². The average molecular weight is 385 g/mol. The summed E-state index contributed by atoms with van der Waals surface area (Å²) in [5.41, 5.74) is 0.199. The number of carbonyl (C=O) groups excluding carboxylic acids is 3. The number of aldehydes is 2. The number of nitrogens with zero attached hydrogens (tertiary/aromatic N) is 1. The Bertz CT molecular complexity index is 898. The summed E-state index contributed by atoms with van der Waals surface area (Å²) in [5, 5.41) is 9.76. The van der Waals surface area contributed by atoms with Crippen LogP contribution in [0, 0.1) is 5.82 Å². The molecule has 1 saturated heterocycles. The number of hydrogen-bond acceptors (Lipinski definition) is 5. The number of rotatable bonds is 6. The molecule has 6 nitrogen and oxygen atoms in total. The Morgan fingerprint density at radius 3 is 2.79 bits per heavy atom. The number of carbonyl (C=O) groups is 3. The lowest BCUT2D eigenvalue weighted by molar-refractivity contribution is 0.0524. The van der Waals surface area contributed by atoms with Gasteiger partial charge in [0.25, 0.3) is 5.91 Å². The minimum atomic E-state index is -0.589. The largest absolute Gasteiger partial charge is 0.507 e. The second kappa shape index (κ2) is 8.65. The molecule has 1 aliphatic rings. The first kappa shape index (κ1) is 19.5. The predicted molar refractivity (Wildman–Crippen MR) is 99.5 cm³/mol. The van der Waals surface area contributed by atoms with Gasteiger partial charge in [-0.15, -0.1) is 0 Å². The van der Waals surface area contributed by atoms with Crippen molar-refractivity contribution in [3.8, 4) is 11.5 Å². The zero-order valence-corrected chi connectivity index (χ0v) is 15.1. The number of phenols is 1. The summed E-state index contributed by atoms with van der Waals surface area (Å²) in [4.78, 5) is 37.0. The predicted octanol–water partition coefficient (Wildman–Crippen LogP) is 3.23. The van der Waals surface area contributed by atoms with Crippen molar-refractivity contribution < 1.29 is 28.6 Å². The van der Waals surface area contributed by atoms with Gasteiger partial charge in [0.15, 0.2) is 12.6 Å². The molecule has 2 aromatic carbocycles. The van der Waals surface area contributed by atoms with E-state index in [1.165, 1.54) is 12.1 Å². The first-order valence-corrected chi connectivity index (χ1v) is 9.00. The molecule has 1 aliphatic heterocycles. The number of piperidine rings is 1. The minimum Gasteiger partial charge on any atom is -0.507 e. The second-order valence-corrected chi connectivity index (χ2v) is 6.62. The van der Waals surface area contributed by atoms with Gasteiger partial charge in [0.2, 0.25) is 0 Å². The number of amides is 1. The third kappa shape index (κ3) is 4.03. The Kier molecular flexibility index (Phi) is 6.03. The molecule has 1 heterocycles. The molecule has 146 valence electrons. The first-order chi connectivity index (χ1) is 13.5. The van der Waals surface area contributed by atoms with Crippen LogP contribution >= 0.6 is 0 Å². The van der Waals surface area contributed by atoms with Crippen LogP contribution in [0.5, 0.6) is 11.5 Å². The Morgan fingerprint density at radius 2 is 2.04 bits per heavy atom. The molecule has 0 bridgehead atoms. The van der Waals surface area contributed by atoms with Crippen LogP contribution in [-0.2, 0) is 0 Å². The molecular weight excluding hydrogens is 365 g/mol. The Labute approximate surface area is 161 Å². The minimum absolute atomic E-state index is 0.0211. The van der Waals surface area contributed by atoms with E-state index in [9.17, 15) is 23.9 Å². The highest BCUT2D eigenvalue weighted by Crippen LogP contribution is 2.27. The van der Waals surface area contributed by atoms with Crippen molar-refractivity contribution in [3.05, 3.63) is 58.9 Å². The summed E-state index contributed by atoms with van der Waals surface area (Å²) in [6, 6.07) is 7.70. The fraction of sp³-hybridized carbons (Fsp3) is 0.286. The highest BCUT2D eigenvalue weighted by Gasteiger charge is 2.29. The maximum absolute atomic E-state index is 13.6. The lowest BCUT2D eigenvalue weighted by Crippen LogP contribution is -2.47. The normalized spacial score (nSPS) is 16.5. The van der Waals surface area contributed by atoms with Gasteiger partial charge in [0, 0.05) is 12.1 Å². The Hall–Kier alpha value is -3.22. The van der Waals surface area contributed by atoms with Crippen LogP contribution in [0.3, 0.4) is 0 Å². The zero-order chi connectivity index (χ0) is 20.1. The van der Waals surface area contributed by atoms with Crippen LogP contribution in [0.25, 0.3) is 0 Å². The van der Waals surface area contributed by atoms with E-state index in [4.69, 9.17) is 4.74 Å². The van der Waals surface area contributed by atoms with Gasteiger partial charge in [-0.3, -0.25) is 14.4 Å². The van der Waals surface area contributed by atoms with E-state index in [1.54, 1.807) is 17.0 Å².